The highest BCUT2D eigenvalue weighted by atomic mass is 35.5. The Morgan fingerprint density at radius 2 is 2.06 bits per heavy atom. The Balaban J connectivity index is 2.40. The van der Waals surface area contributed by atoms with Gasteiger partial charge in [-0.25, -0.2) is 0 Å². The lowest BCUT2D eigenvalue weighted by Crippen LogP contribution is -2.21. The maximum Gasteiger partial charge on any atom is 0.390 e. The Hall–Kier alpha value is -0.940. The molecular formula is C11H13ClF3NO. The van der Waals surface area contributed by atoms with Crippen molar-refractivity contribution in [2.45, 2.75) is 19.1 Å². The second-order valence-electron chi connectivity index (χ2n) is 3.51. The van der Waals surface area contributed by atoms with Gasteiger partial charge in [0.05, 0.1) is 18.6 Å². The summed E-state index contributed by atoms with van der Waals surface area (Å²) in [6, 6.07) is 5.11. The van der Waals surface area contributed by atoms with E-state index in [1.165, 1.54) is 7.11 Å². The summed E-state index contributed by atoms with van der Waals surface area (Å²) in [7, 11) is 1.50. The molecule has 96 valence electrons. The Morgan fingerprint density at radius 1 is 1.35 bits per heavy atom. The van der Waals surface area contributed by atoms with E-state index in [0.29, 0.717) is 17.3 Å². The average molecular weight is 268 g/mol. The number of alkyl halides is 3. The molecule has 6 heteroatoms. The molecule has 0 saturated heterocycles. The van der Waals surface area contributed by atoms with Gasteiger partial charge in [-0.05, 0) is 17.7 Å². The largest absolute Gasteiger partial charge is 0.495 e. The van der Waals surface area contributed by atoms with Crippen LogP contribution in [0.25, 0.3) is 0 Å². The minimum absolute atomic E-state index is 0.104. The van der Waals surface area contributed by atoms with E-state index in [1.807, 2.05) is 0 Å². The molecule has 1 rings (SSSR count). The normalized spacial score (nSPS) is 11.6. The molecule has 0 saturated carbocycles. The Labute approximate surface area is 103 Å². The first-order chi connectivity index (χ1) is 7.92. The van der Waals surface area contributed by atoms with Gasteiger partial charge in [0.2, 0.25) is 0 Å². The molecule has 2 nitrogen and oxygen atoms in total. The maximum absolute atomic E-state index is 11.9. The minimum Gasteiger partial charge on any atom is -0.495 e. The van der Waals surface area contributed by atoms with Gasteiger partial charge in [0, 0.05) is 13.1 Å². The smallest absolute Gasteiger partial charge is 0.390 e. The number of halogens is 4. The fraction of sp³-hybridized carbons (Fsp3) is 0.455. The zero-order valence-electron chi connectivity index (χ0n) is 9.27. The SMILES string of the molecule is COc1ccc(CNCCC(F)(F)F)cc1Cl. The van der Waals surface area contributed by atoms with E-state index in [2.05, 4.69) is 5.32 Å². The van der Waals surface area contributed by atoms with E-state index in [1.54, 1.807) is 18.2 Å². The second kappa shape index (κ2) is 6.12. The van der Waals surface area contributed by atoms with Gasteiger partial charge in [0.1, 0.15) is 5.75 Å². The summed E-state index contributed by atoms with van der Waals surface area (Å²) in [5.41, 5.74) is 0.818. The molecule has 0 unspecified atom stereocenters. The van der Waals surface area contributed by atoms with Gasteiger partial charge < -0.3 is 10.1 Å². The highest BCUT2D eigenvalue weighted by Gasteiger charge is 2.25. The third-order valence-electron chi connectivity index (χ3n) is 2.13. The predicted octanol–water partition coefficient (Wildman–Crippen LogP) is 3.39. The molecule has 1 aromatic carbocycles. The van der Waals surface area contributed by atoms with Crippen LogP contribution in [0.3, 0.4) is 0 Å². The molecule has 0 aliphatic heterocycles. The number of nitrogens with one attached hydrogen (secondary N) is 1. The number of hydrogen-bond donors (Lipinski definition) is 1. The molecule has 0 heterocycles. The molecule has 0 atom stereocenters. The molecule has 1 aromatic rings. The molecule has 0 bridgehead atoms. The summed E-state index contributed by atoms with van der Waals surface area (Å²) in [5.74, 6) is 0.547. The summed E-state index contributed by atoms with van der Waals surface area (Å²) < 4.78 is 40.6. The van der Waals surface area contributed by atoms with Crippen LogP contribution < -0.4 is 10.1 Å². The summed E-state index contributed by atoms with van der Waals surface area (Å²) in [6.07, 6.45) is -4.96. The van der Waals surface area contributed by atoms with Crippen LogP contribution in [-0.2, 0) is 6.54 Å². The molecular weight excluding hydrogens is 255 g/mol. The Morgan fingerprint density at radius 3 is 2.59 bits per heavy atom. The molecule has 0 amide bonds. The summed E-state index contributed by atoms with van der Waals surface area (Å²) >= 11 is 5.88. The van der Waals surface area contributed by atoms with Crippen molar-refractivity contribution < 1.29 is 17.9 Å². The van der Waals surface area contributed by atoms with E-state index in [4.69, 9.17) is 16.3 Å². The van der Waals surface area contributed by atoms with Crippen molar-refractivity contribution in [3.05, 3.63) is 28.8 Å². The summed E-state index contributed by atoms with van der Waals surface area (Å²) in [4.78, 5) is 0. The lowest BCUT2D eigenvalue weighted by molar-refractivity contribution is -0.133. The molecule has 0 radical (unpaired) electrons. The van der Waals surface area contributed by atoms with Gasteiger partial charge in [-0.2, -0.15) is 13.2 Å². The Kier molecular flexibility index (Phi) is 5.08. The first-order valence-corrected chi connectivity index (χ1v) is 5.40. The number of ether oxygens (including phenoxy) is 1. The number of hydrogen-bond acceptors (Lipinski definition) is 2. The van der Waals surface area contributed by atoms with Crippen LogP contribution in [0.5, 0.6) is 5.75 Å². The van der Waals surface area contributed by atoms with E-state index >= 15 is 0 Å². The van der Waals surface area contributed by atoms with Crippen molar-refractivity contribution in [3.63, 3.8) is 0 Å². The van der Waals surface area contributed by atoms with Crippen LogP contribution >= 0.6 is 11.6 Å². The Bertz CT molecular complexity index is 368. The third-order valence-corrected chi connectivity index (χ3v) is 2.43. The summed E-state index contributed by atoms with van der Waals surface area (Å²) in [5, 5.41) is 3.15. The number of rotatable bonds is 5. The predicted molar refractivity (Wildman–Crippen MR) is 60.4 cm³/mol. The zero-order chi connectivity index (χ0) is 12.9. The lowest BCUT2D eigenvalue weighted by Gasteiger charge is -2.09. The van der Waals surface area contributed by atoms with Crippen molar-refractivity contribution in [2.24, 2.45) is 0 Å². The molecule has 0 spiro atoms. The third kappa shape index (κ3) is 5.28. The monoisotopic (exact) mass is 267 g/mol. The molecule has 1 N–H and O–H groups in total. The second-order valence-corrected chi connectivity index (χ2v) is 3.92. The lowest BCUT2D eigenvalue weighted by atomic mass is 10.2. The van der Waals surface area contributed by atoms with Gasteiger partial charge in [0.15, 0.2) is 0 Å². The van der Waals surface area contributed by atoms with E-state index in [9.17, 15) is 13.2 Å². The average Bonchev–Trinajstić information content (AvgIpc) is 2.23. The van der Waals surface area contributed by atoms with Crippen LogP contribution in [-0.4, -0.2) is 19.8 Å². The minimum atomic E-state index is -4.12. The number of benzene rings is 1. The van der Waals surface area contributed by atoms with Crippen LogP contribution in [0.2, 0.25) is 5.02 Å². The van der Waals surface area contributed by atoms with Crippen molar-refractivity contribution in [1.29, 1.82) is 0 Å². The van der Waals surface area contributed by atoms with E-state index < -0.39 is 12.6 Å². The van der Waals surface area contributed by atoms with Gasteiger partial charge >= 0.3 is 6.18 Å². The maximum atomic E-state index is 11.9. The van der Waals surface area contributed by atoms with Crippen LogP contribution in [0.15, 0.2) is 18.2 Å². The zero-order valence-corrected chi connectivity index (χ0v) is 10.0. The molecule has 0 aromatic heterocycles. The van der Waals surface area contributed by atoms with E-state index in [0.717, 1.165) is 5.56 Å². The van der Waals surface area contributed by atoms with Gasteiger partial charge in [0.25, 0.3) is 0 Å². The fourth-order valence-corrected chi connectivity index (χ4v) is 1.56. The first-order valence-electron chi connectivity index (χ1n) is 5.02. The van der Waals surface area contributed by atoms with Crippen LogP contribution in [0.4, 0.5) is 13.2 Å². The van der Waals surface area contributed by atoms with Crippen LogP contribution in [0, 0.1) is 0 Å². The highest BCUT2D eigenvalue weighted by Crippen LogP contribution is 2.24. The van der Waals surface area contributed by atoms with Gasteiger partial charge in [-0.3, -0.25) is 0 Å². The van der Waals surface area contributed by atoms with Crippen molar-refractivity contribution in [2.75, 3.05) is 13.7 Å². The van der Waals surface area contributed by atoms with Crippen molar-refractivity contribution >= 4 is 11.6 Å². The molecule has 0 fully saturated rings. The van der Waals surface area contributed by atoms with E-state index in [-0.39, 0.29) is 6.54 Å². The standard InChI is InChI=1S/C11H13ClF3NO/c1-17-10-3-2-8(6-9(10)12)7-16-5-4-11(13,14)15/h2-3,6,16H,4-5,7H2,1H3. The molecule has 0 aliphatic rings. The van der Waals surface area contributed by atoms with Gasteiger partial charge in [-0.15, -0.1) is 0 Å². The summed E-state index contributed by atoms with van der Waals surface area (Å²) in [6.45, 7) is 0.243. The first kappa shape index (κ1) is 14.1. The molecule has 17 heavy (non-hydrogen) atoms. The van der Waals surface area contributed by atoms with Crippen molar-refractivity contribution in [3.8, 4) is 5.75 Å². The van der Waals surface area contributed by atoms with Crippen LogP contribution in [0.1, 0.15) is 12.0 Å². The quantitative estimate of drug-likeness (QED) is 0.826. The number of methoxy groups -OCH3 is 1. The fourth-order valence-electron chi connectivity index (χ4n) is 1.28. The van der Waals surface area contributed by atoms with Crippen molar-refractivity contribution in [1.82, 2.24) is 5.32 Å². The topological polar surface area (TPSA) is 21.3 Å². The van der Waals surface area contributed by atoms with Gasteiger partial charge in [-0.1, -0.05) is 17.7 Å². The highest BCUT2D eigenvalue weighted by molar-refractivity contribution is 6.32. The molecule has 0 aliphatic carbocycles.